The number of rotatable bonds is 6. The number of hydrogen-bond acceptors (Lipinski definition) is 2. The van der Waals surface area contributed by atoms with Crippen molar-refractivity contribution in [3.05, 3.63) is 35.4 Å². The van der Waals surface area contributed by atoms with E-state index in [2.05, 4.69) is 18.7 Å². The van der Waals surface area contributed by atoms with Crippen LogP contribution in [0.4, 0.5) is 0 Å². The van der Waals surface area contributed by atoms with Crippen LogP contribution in [0.25, 0.3) is 0 Å². The SMILES string of the molecule is O=C(O)CCc1ccccc1CCCS. The molecule has 15 heavy (non-hydrogen) atoms. The molecule has 1 aromatic carbocycles. The van der Waals surface area contributed by atoms with E-state index in [0.29, 0.717) is 6.42 Å². The highest BCUT2D eigenvalue weighted by Crippen LogP contribution is 2.13. The summed E-state index contributed by atoms with van der Waals surface area (Å²) in [7, 11) is 0. The molecule has 2 nitrogen and oxygen atoms in total. The largest absolute Gasteiger partial charge is 0.481 e. The molecule has 1 aromatic rings. The zero-order chi connectivity index (χ0) is 11.1. The second-order valence-electron chi connectivity index (χ2n) is 3.49. The number of carbonyl (C=O) groups is 1. The fourth-order valence-electron chi connectivity index (χ4n) is 1.56. The van der Waals surface area contributed by atoms with E-state index in [4.69, 9.17) is 5.11 Å². The van der Waals surface area contributed by atoms with Gasteiger partial charge in [-0.1, -0.05) is 24.3 Å². The molecular formula is C12H16O2S. The highest BCUT2D eigenvalue weighted by molar-refractivity contribution is 7.80. The minimum atomic E-state index is -0.737. The number of aryl methyl sites for hydroxylation is 2. The van der Waals surface area contributed by atoms with Gasteiger partial charge in [-0.3, -0.25) is 4.79 Å². The molecule has 0 saturated carbocycles. The van der Waals surface area contributed by atoms with Crippen molar-refractivity contribution in [1.82, 2.24) is 0 Å². The monoisotopic (exact) mass is 224 g/mol. The van der Waals surface area contributed by atoms with Crippen molar-refractivity contribution in [2.75, 3.05) is 5.75 Å². The summed E-state index contributed by atoms with van der Waals surface area (Å²) in [5, 5.41) is 8.63. The predicted molar refractivity (Wildman–Crippen MR) is 64.6 cm³/mol. The molecule has 1 rings (SSSR count). The fraction of sp³-hybridized carbons (Fsp3) is 0.417. The standard InChI is InChI=1S/C12H16O2S/c13-12(14)8-7-11-5-2-1-4-10(11)6-3-9-15/h1-2,4-5,15H,3,6-9H2,(H,13,14). The van der Waals surface area contributed by atoms with Gasteiger partial charge in [0, 0.05) is 6.42 Å². The Morgan fingerprint density at radius 2 is 1.80 bits per heavy atom. The molecule has 82 valence electrons. The van der Waals surface area contributed by atoms with Crippen LogP contribution >= 0.6 is 12.6 Å². The van der Waals surface area contributed by atoms with Crippen LogP contribution in [-0.2, 0) is 17.6 Å². The summed E-state index contributed by atoms with van der Waals surface area (Å²) in [4.78, 5) is 10.5. The molecule has 0 atom stereocenters. The normalized spacial score (nSPS) is 10.2. The van der Waals surface area contributed by atoms with Gasteiger partial charge >= 0.3 is 5.97 Å². The summed E-state index contributed by atoms with van der Waals surface area (Å²) < 4.78 is 0. The molecule has 3 heteroatoms. The first-order chi connectivity index (χ1) is 7.24. The molecule has 0 bridgehead atoms. The van der Waals surface area contributed by atoms with E-state index < -0.39 is 5.97 Å². The van der Waals surface area contributed by atoms with Crippen LogP contribution in [0.15, 0.2) is 24.3 Å². The van der Waals surface area contributed by atoms with E-state index in [0.717, 1.165) is 24.2 Å². The maximum Gasteiger partial charge on any atom is 0.303 e. The Morgan fingerprint density at radius 3 is 2.33 bits per heavy atom. The molecule has 0 radical (unpaired) electrons. The van der Waals surface area contributed by atoms with Gasteiger partial charge in [0.2, 0.25) is 0 Å². The lowest BCUT2D eigenvalue weighted by Crippen LogP contribution is -2.00. The van der Waals surface area contributed by atoms with Crippen molar-refractivity contribution in [2.24, 2.45) is 0 Å². The van der Waals surface area contributed by atoms with E-state index >= 15 is 0 Å². The number of carboxylic acids is 1. The van der Waals surface area contributed by atoms with Gasteiger partial charge in [-0.05, 0) is 36.1 Å². The first-order valence-corrected chi connectivity index (χ1v) is 5.76. The van der Waals surface area contributed by atoms with Crippen molar-refractivity contribution >= 4 is 18.6 Å². The summed E-state index contributed by atoms with van der Waals surface area (Å²) >= 11 is 4.18. The van der Waals surface area contributed by atoms with E-state index in [1.807, 2.05) is 18.2 Å². The number of hydrogen-bond donors (Lipinski definition) is 2. The third-order valence-electron chi connectivity index (χ3n) is 2.33. The summed E-state index contributed by atoms with van der Waals surface area (Å²) in [6, 6.07) is 8.04. The van der Waals surface area contributed by atoms with Gasteiger partial charge in [-0.2, -0.15) is 12.6 Å². The van der Waals surface area contributed by atoms with Crippen LogP contribution in [-0.4, -0.2) is 16.8 Å². The van der Waals surface area contributed by atoms with Crippen LogP contribution in [0.1, 0.15) is 24.0 Å². The van der Waals surface area contributed by atoms with Crippen LogP contribution < -0.4 is 0 Å². The molecule has 0 aliphatic carbocycles. The highest BCUT2D eigenvalue weighted by Gasteiger charge is 2.03. The van der Waals surface area contributed by atoms with Crippen LogP contribution in [0.3, 0.4) is 0 Å². The Morgan fingerprint density at radius 1 is 1.20 bits per heavy atom. The van der Waals surface area contributed by atoms with Crippen LogP contribution in [0, 0.1) is 0 Å². The summed E-state index contributed by atoms with van der Waals surface area (Å²) in [5.74, 6) is 0.131. The maximum atomic E-state index is 10.5. The average Bonchev–Trinajstić information content (AvgIpc) is 2.24. The summed E-state index contributed by atoms with van der Waals surface area (Å²) in [6.07, 6.45) is 2.85. The lowest BCUT2D eigenvalue weighted by Gasteiger charge is -2.07. The molecular weight excluding hydrogens is 208 g/mol. The second-order valence-corrected chi connectivity index (χ2v) is 3.94. The van der Waals surface area contributed by atoms with Gasteiger partial charge < -0.3 is 5.11 Å². The topological polar surface area (TPSA) is 37.3 Å². The fourth-order valence-corrected chi connectivity index (χ4v) is 1.71. The van der Waals surface area contributed by atoms with Crippen molar-refractivity contribution in [2.45, 2.75) is 25.7 Å². The van der Waals surface area contributed by atoms with E-state index in [1.54, 1.807) is 0 Å². The molecule has 0 unspecified atom stereocenters. The van der Waals surface area contributed by atoms with Crippen LogP contribution in [0.2, 0.25) is 0 Å². The minimum Gasteiger partial charge on any atom is -0.481 e. The molecule has 0 fully saturated rings. The zero-order valence-electron chi connectivity index (χ0n) is 8.65. The van der Waals surface area contributed by atoms with Gasteiger partial charge in [-0.15, -0.1) is 0 Å². The molecule has 0 spiro atoms. The van der Waals surface area contributed by atoms with Crippen molar-refractivity contribution in [1.29, 1.82) is 0 Å². The quantitative estimate of drug-likeness (QED) is 0.729. The van der Waals surface area contributed by atoms with Gasteiger partial charge in [0.25, 0.3) is 0 Å². The lowest BCUT2D eigenvalue weighted by atomic mass is 9.99. The lowest BCUT2D eigenvalue weighted by molar-refractivity contribution is -0.136. The third kappa shape index (κ3) is 4.38. The molecule has 0 aliphatic heterocycles. The molecule has 0 aliphatic rings. The van der Waals surface area contributed by atoms with E-state index in [9.17, 15) is 4.79 Å². The Kier molecular flexibility index (Phi) is 5.26. The third-order valence-corrected chi connectivity index (χ3v) is 2.65. The Bertz CT molecular complexity index is 323. The van der Waals surface area contributed by atoms with Gasteiger partial charge in [0.15, 0.2) is 0 Å². The van der Waals surface area contributed by atoms with Crippen molar-refractivity contribution in [3.63, 3.8) is 0 Å². The highest BCUT2D eigenvalue weighted by atomic mass is 32.1. The van der Waals surface area contributed by atoms with E-state index in [-0.39, 0.29) is 6.42 Å². The van der Waals surface area contributed by atoms with Gasteiger partial charge in [0.05, 0.1) is 0 Å². The Hall–Kier alpha value is -0.960. The Balaban J connectivity index is 2.63. The molecule has 0 heterocycles. The first kappa shape index (κ1) is 12.1. The maximum absolute atomic E-state index is 10.5. The summed E-state index contributed by atoms with van der Waals surface area (Å²) in [5.41, 5.74) is 2.41. The second kappa shape index (κ2) is 6.51. The number of carboxylic acid groups (broad SMARTS) is 1. The predicted octanol–water partition coefficient (Wildman–Crippen LogP) is 2.57. The first-order valence-electron chi connectivity index (χ1n) is 5.13. The minimum absolute atomic E-state index is 0.206. The average molecular weight is 224 g/mol. The van der Waals surface area contributed by atoms with E-state index in [1.165, 1.54) is 5.56 Å². The molecule has 0 amide bonds. The van der Waals surface area contributed by atoms with Crippen molar-refractivity contribution in [3.8, 4) is 0 Å². The molecule has 0 saturated heterocycles. The summed E-state index contributed by atoms with van der Waals surface area (Å²) in [6.45, 7) is 0. The number of aliphatic carboxylic acids is 1. The Labute approximate surface area is 95.7 Å². The van der Waals surface area contributed by atoms with Crippen LogP contribution in [0.5, 0.6) is 0 Å². The smallest absolute Gasteiger partial charge is 0.303 e. The number of thiol groups is 1. The van der Waals surface area contributed by atoms with Crippen molar-refractivity contribution < 1.29 is 9.90 Å². The molecule has 1 N–H and O–H groups in total. The molecule has 0 aromatic heterocycles. The zero-order valence-corrected chi connectivity index (χ0v) is 9.54. The van der Waals surface area contributed by atoms with Gasteiger partial charge in [-0.25, -0.2) is 0 Å². The number of benzene rings is 1. The van der Waals surface area contributed by atoms with Gasteiger partial charge in [0.1, 0.15) is 0 Å².